The minimum Gasteiger partial charge on any atom is -0.378 e. The Morgan fingerprint density at radius 2 is 1.79 bits per heavy atom. The first kappa shape index (κ1) is 31.9. The molecule has 10 heteroatoms. The lowest BCUT2D eigenvalue weighted by Crippen LogP contribution is -2.56. The summed E-state index contributed by atoms with van der Waals surface area (Å²) < 4.78 is 6.43. The second kappa shape index (κ2) is 14.9. The number of carbonyl (C=O) groups is 3. The topological polar surface area (TPSA) is 113 Å². The Labute approximate surface area is 259 Å². The number of amides is 3. The molecule has 1 saturated carbocycles. The minimum absolute atomic E-state index is 0.00629. The lowest BCUT2D eigenvalue weighted by molar-refractivity contribution is -0.130. The number of hydrogen-bond donors (Lipinski definition) is 3. The van der Waals surface area contributed by atoms with Crippen molar-refractivity contribution >= 4 is 39.3 Å². The number of benzene rings is 1. The van der Waals surface area contributed by atoms with Crippen LogP contribution in [0.1, 0.15) is 88.6 Å². The molecule has 3 heterocycles. The molecular formula is C33H49N5O4S. The Hall–Kier alpha value is -2.56. The number of ether oxygens (including phenoxy) is 1. The van der Waals surface area contributed by atoms with Gasteiger partial charge in [-0.2, -0.15) is 0 Å². The van der Waals surface area contributed by atoms with Gasteiger partial charge in [-0.25, -0.2) is 4.98 Å². The van der Waals surface area contributed by atoms with Crippen LogP contribution in [0.2, 0.25) is 0 Å². The summed E-state index contributed by atoms with van der Waals surface area (Å²) in [5.41, 5.74) is 2.17. The molecular weight excluding hydrogens is 562 g/mol. The van der Waals surface area contributed by atoms with Gasteiger partial charge >= 0.3 is 0 Å². The Kier molecular flexibility index (Phi) is 11.1. The molecule has 3 fully saturated rings. The normalized spacial score (nSPS) is 20.5. The number of fused-ring (bicyclic) bond motifs is 1. The first-order valence-corrected chi connectivity index (χ1v) is 17.2. The molecule has 2 atom stereocenters. The maximum Gasteiger partial charge on any atom is 0.243 e. The highest BCUT2D eigenvalue weighted by Crippen LogP contribution is 2.29. The Morgan fingerprint density at radius 1 is 1.05 bits per heavy atom. The fourth-order valence-electron chi connectivity index (χ4n) is 6.59. The summed E-state index contributed by atoms with van der Waals surface area (Å²) in [5, 5.41) is 10.3. The second-order valence-electron chi connectivity index (χ2n) is 12.9. The van der Waals surface area contributed by atoms with Crippen molar-refractivity contribution in [2.75, 3.05) is 32.8 Å². The third-order valence-corrected chi connectivity index (χ3v) is 10.6. The van der Waals surface area contributed by atoms with Crippen molar-refractivity contribution in [3.8, 4) is 0 Å². The number of nitrogens with one attached hydrogen (secondary N) is 3. The summed E-state index contributed by atoms with van der Waals surface area (Å²) in [4.78, 5) is 46.8. The van der Waals surface area contributed by atoms with Crippen molar-refractivity contribution in [1.82, 2.24) is 25.8 Å². The molecule has 0 spiro atoms. The predicted molar refractivity (Wildman–Crippen MR) is 170 cm³/mol. The standard InChI is InChI=1S/C33H49N5O4S/c1-4-30(39)35-27(17-31-36-26-11-10-24(21(2)3)16-29(26)43-31)33(41)37-28(22-8-6-5-7-9-22)18-34-32(40)23-12-14-38(15-13-23)25-19-42-20-25/h10-11,16,21-23,25,27-28H,4-9,12-15,17-20H2,1-3H3,(H,34,40)(H,35,39)(H,37,41)/t27-,28+/m0/s1. The van der Waals surface area contributed by atoms with Crippen LogP contribution in [0.3, 0.4) is 0 Å². The predicted octanol–water partition coefficient (Wildman–Crippen LogP) is 4.15. The van der Waals surface area contributed by atoms with Gasteiger partial charge in [-0.05, 0) is 68.3 Å². The van der Waals surface area contributed by atoms with Gasteiger partial charge in [-0.1, -0.05) is 46.1 Å². The highest BCUT2D eigenvalue weighted by atomic mass is 32.1. The van der Waals surface area contributed by atoms with E-state index in [9.17, 15) is 14.4 Å². The number of hydrogen-bond acceptors (Lipinski definition) is 7. The highest BCUT2D eigenvalue weighted by Gasteiger charge is 2.33. The first-order valence-electron chi connectivity index (χ1n) is 16.4. The van der Waals surface area contributed by atoms with Crippen LogP contribution in [0.25, 0.3) is 10.2 Å². The summed E-state index contributed by atoms with van der Waals surface area (Å²) in [6.07, 6.45) is 7.89. The van der Waals surface area contributed by atoms with Gasteiger partial charge in [0.05, 0.1) is 34.5 Å². The van der Waals surface area contributed by atoms with Gasteiger partial charge in [0, 0.05) is 31.3 Å². The number of carbonyl (C=O) groups excluding carboxylic acids is 3. The van der Waals surface area contributed by atoms with Gasteiger partial charge in [0.2, 0.25) is 17.7 Å². The molecule has 3 N–H and O–H groups in total. The molecule has 2 saturated heterocycles. The van der Waals surface area contributed by atoms with Crippen LogP contribution in [0.4, 0.5) is 0 Å². The maximum absolute atomic E-state index is 13.8. The average molecular weight is 612 g/mol. The van der Waals surface area contributed by atoms with E-state index < -0.39 is 6.04 Å². The third-order valence-electron chi connectivity index (χ3n) is 9.55. The highest BCUT2D eigenvalue weighted by molar-refractivity contribution is 7.18. The number of nitrogens with zero attached hydrogens (tertiary/aromatic N) is 2. The first-order chi connectivity index (χ1) is 20.8. The third kappa shape index (κ3) is 8.34. The van der Waals surface area contributed by atoms with E-state index in [1.165, 1.54) is 12.0 Å². The fourth-order valence-corrected chi connectivity index (χ4v) is 7.65. The number of likely N-dealkylation sites (tertiary alicyclic amines) is 1. The molecule has 1 aliphatic carbocycles. The van der Waals surface area contributed by atoms with Gasteiger partial charge in [-0.15, -0.1) is 11.3 Å². The van der Waals surface area contributed by atoms with E-state index in [0.717, 1.165) is 80.1 Å². The van der Waals surface area contributed by atoms with E-state index in [2.05, 4.69) is 46.8 Å². The number of rotatable bonds is 12. The number of piperidine rings is 1. The molecule has 9 nitrogen and oxygen atoms in total. The summed E-state index contributed by atoms with van der Waals surface area (Å²) in [6.45, 7) is 10.0. The Bertz CT molecular complexity index is 1250. The van der Waals surface area contributed by atoms with Gasteiger partial charge < -0.3 is 20.7 Å². The van der Waals surface area contributed by atoms with Gasteiger partial charge in [-0.3, -0.25) is 19.3 Å². The minimum atomic E-state index is -0.723. The van der Waals surface area contributed by atoms with Crippen molar-refractivity contribution in [2.24, 2.45) is 11.8 Å². The van der Waals surface area contributed by atoms with Crippen LogP contribution in [0.15, 0.2) is 18.2 Å². The zero-order valence-electron chi connectivity index (χ0n) is 26.0. The molecule has 3 amide bonds. The molecule has 2 aliphatic heterocycles. The van der Waals surface area contributed by atoms with Crippen LogP contribution in [-0.4, -0.2) is 78.6 Å². The van der Waals surface area contributed by atoms with Crippen molar-refractivity contribution in [1.29, 1.82) is 0 Å². The Morgan fingerprint density at radius 3 is 2.44 bits per heavy atom. The monoisotopic (exact) mass is 611 g/mol. The average Bonchev–Trinajstić information content (AvgIpc) is 3.40. The SMILES string of the molecule is CCC(=O)N[C@@H](Cc1nc2ccc(C(C)C)cc2s1)C(=O)N[C@H](CNC(=O)C1CCN(C2COC2)CC1)C1CCCCC1. The lowest BCUT2D eigenvalue weighted by Gasteiger charge is -2.41. The van der Waals surface area contributed by atoms with E-state index in [4.69, 9.17) is 9.72 Å². The van der Waals surface area contributed by atoms with Crippen molar-refractivity contribution < 1.29 is 19.1 Å². The summed E-state index contributed by atoms with van der Waals surface area (Å²) in [5.74, 6) is 0.454. The van der Waals surface area contributed by atoms with Crippen molar-refractivity contribution in [2.45, 2.75) is 103 Å². The zero-order valence-corrected chi connectivity index (χ0v) is 26.8. The van der Waals surface area contributed by atoms with Crippen LogP contribution in [-0.2, 0) is 25.5 Å². The zero-order chi connectivity index (χ0) is 30.3. The van der Waals surface area contributed by atoms with E-state index in [0.29, 0.717) is 37.3 Å². The van der Waals surface area contributed by atoms with Crippen LogP contribution in [0, 0.1) is 11.8 Å². The van der Waals surface area contributed by atoms with Crippen LogP contribution in [0.5, 0.6) is 0 Å². The maximum atomic E-state index is 13.8. The molecule has 1 aromatic carbocycles. The van der Waals surface area contributed by atoms with E-state index in [-0.39, 0.29) is 29.7 Å². The molecule has 5 rings (SSSR count). The molecule has 236 valence electrons. The number of aromatic nitrogens is 1. The lowest BCUT2D eigenvalue weighted by atomic mass is 9.83. The molecule has 3 aliphatic rings. The van der Waals surface area contributed by atoms with E-state index in [1.807, 2.05) is 6.07 Å². The van der Waals surface area contributed by atoms with Crippen LogP contribution >= 0.6 is 11.3 Å². The fraction of sp³-hybridized carbons (Fsp3) is 0.697. The van der Waals surface area contributed by atoms with E-state index >= 15 is 0 Å². The summed E-state index contributed by atoms with van der Waals surface area (Å²) >= 11 is 1.58. The second-order valence-corrected chi connectivity index (χ2v) is 14.0. The molecule has 0 radical (unpaired) electrons. The van der Waals surface area contributed by atoms with Gasteiger partial charge in [0.25, 0.3) is 0 Å². The molecule has 1 aromatic heterocycles. The molecule has 2 aromatic rings. The van der Waals surface area contributed by atoms with Crippen LogP contribution < -0.4 is 16.0 Å². The van der Waals surface area contributed by atoms with E-state index in [1.54, 1.807) is 18.3 Å². The summed E-state index contributed by atoms with van der Waals surface area (Å²) in [6, 6.07) is 5.94. The molecule has 0 unspecified atom stereocenters. The quantitative estimate of drug-likeness (QED) is 0.333. The van der Waals surface area contributed by atoms with Gasteiger partial charge in [0.1, 0.15) is 6.04 Å². The van der Waals surface area contributed by atoms with Gasteiger partial charge in [0.15, 0.2) is 0 Å². The van der Waals surface area contributed by atoms with Crippen molar-refractivity contribution in [3.05, 3.63) is 28.8 Å². The number of thiazole rings is 1. The smallest absolute Gasteiger partial charge is 0.243 e. The Balaban J connectivity index is 1.23. The largest absolute Gasteiger partial charge is 0.378 e. The molecule has 43 heavy (non-hydrogen) atoms. The van der Waals surface area contributed by atoms with Crippen molar-refractivity contribution in [3.63, 3.8) is 0 Å². The molecule has 0 bridgehead atoms. The summed E-state index contributed by atoms with van der Waals surface area (Å²) in [7, 11) is 0.